The SMILES string of the molecule is O=Nc1c(Br)cc(S(=O)(=O)[O-])cc1Br. The van der Waals surface area contributed by atoms with Crippen molar-refractivity contribution in [2.75, 3.05) is 0 Å². The number of halogens is 2. The molecule has 0 spiro atoms. The molecule has 0 bridgehead atoms. The first-order valence-electron chi connectivity index (χ1n) is 3.14. The van der Waals surface area contributed by atoms with Crippen LogP contribution in [0.2, 0.25) is 0 Å². The van der Waals surface area contributed by atoms with Gasteiger partial charge in [-0.25, -0.2) is 8.42 Å². The van der Waals surface area contributed by atoms with E-state index in [9.17, 15) is 17.9 Å². The minimum absolute atomic E-state index is 0.0115. The predicted octanol–water partition coefficient (Wildman–Crippen LogP) is 2.51. The topological polar surface area (TPSA) is 86.6 Å². The largest absolute Gasteiger partial charge is 0.744 e. The number of hydrogen-bond acceptors (Lipinski definition) is 5. The van der Waals surface area contributed by atoms with E-state index in [-0.39, 0.29) is 14.6 Å². The van der Waals surface area contributed by atoms with E-state index in [1.807, 2.05) is 0 Å². The van der Waals surface area contributed by atoms with Crippen molar-refractivity contribution in [1.29, 1.82) is 0 Å². The van der Waals surface area contributed by atoms with Gasteiger partial charge in [0.25, 0.3) is 0 Å². The average Bonchev–Trinajstić information content (AvgIpc) is 2.01. The Bertz CT molecular complexity index is 462. The summed E-state index contributed by atoms with van der Waals surface area (Å²) >= 11 is 5.85. The lowest BCUT2D eigenvalue weighted by molar-refractivity contribution is 0.463. The number of benzene rings is 1. The highest BCUT2D eigenvalue weighted by molar-refractivity contribution is 9.11. The Morgan fingerprint density at radius 1 is 1.21 bits per heavy atom. The molecule has 0 aliphatic heterocycles. The predicted molar refractivity (Wildman–Crippen MR) is 55.3 cm³/mol. The first-order valence-corrected chi connectivity index (χ1v) is 6.14. The molecular weight excluding hydrogens is 342 g/mol. The first kappa shape index (κ1) is 11.8. The zero-order chi connectivity index (χ0) is 10.9. The number of hydrogen-bond donors (Lipinski definition) is 0. The zero-order valence-electron chi connectivity index (χ0n) is 6.40. The summed E-state index contributed by atoms with van der Waals surface area (Å²) in [7, 11) is -4.53. The quantitative estimate of drug-likeness (QED) is 0.609. The van der Waals surface area contributed by atoms with Crippen LogP contribution in [0.25, 0.3) is 0 Å². The third kappa shape index (κ3) is 2.38. The average molecular weight is 344 g/mol. The molecule has 0 atom stereocenters. The van der Waals surface area contributed by atoms with Crippen molar-refractivity contribution < 1.29 is 13.0 Å². The molecule has 0 aliphatic rings. The van der Waals surface area contributed by atoms with Crippen LogP contribution in [0.5, 0.6) is 0 Å². The maximum Gasteiger partial charge on any atom is 0.136 e. The molecule has 0 aliphatic carbocycles. The molecule has 0 heterocycles. The van der Waals surface area contributed by atoms with E-state index in [0.717, 1.165) is 12.1 Å². The standard InChI is InChI=1S/C6H3Br2NO4S/c7-4-1-3(14(11,12)13)2-5(8)6(4)9-10/h1-2H,(H,11,12,13)/p-1. The van der Waals surface area contributed by atoms with E-state index in [1.165, 1.54) is 0 Å². The molecule has 1 aromatic rings. The lowest BCUT2D eigenvalue weighted by Crippen LogP contribution is -1.98. The van der Waals surface area contributed by atoms with Crippen LogP contribution in [0, 0.1) is 4.91 Å². The van der Waals surface area contributed by atoms with Crippen molar-refractivity contribution in [3.05, 3.63) is 26.0 Å². The maximum absolute atomic E-state index is 10.6. The molecule has 0 amide bonds. The molecule has 0 aromatic heterocycles. The second-order valence-corrected chi connectivity index (χ2v) is 5.37. The smallest absolute Gasteiger partial charge is 0.136 e. The van der Waals surface area contributed by atoms with Gasteiger partial charge < -0.3 is 4.55 Å². The summed E-state index contributed by atoms with van der Waals surface area (Å²) < 4.78 is 32.2. The van der Waals surface area contributed by atoms with Crippen LogP contribution in [0.1, 0.15) is 0 Å². The van der Waals surface area contributed by atoms with Gasteiger partial charge in [0.05, 0.1) is 4.90 Å². The number of rotatable bonds is 2. The summed E-state index contributed by atoms with van der Waals surface area (Å²) in [6.45, 7) is 0. The number of nitrogens with zero attached hydrogens (tertiary/aromatic N) is 1. The Morgan fingerprint density at radius 2 is 1.64 bits per heavy atom. The van der Waals surface area contributed by atoms with E-state index in [2.05, 4.69) is 37.0 Å². The highest BCUT2D eigenvalue weighted by Crippen LogP contribution is 2.35. The third-order valence-electron chi connectivity index (χ3n) is 1.37. The Labute approximate surface area is 96.5 Å². The molecule has 0 saturated heterocycles. The Morgan fingerprint density at radius 3 is 1.93 bits per heavy atom. The zero-order valence-corrected chi connectivity index (χ0v) is 10.4. The van der Waals surface area contributed by atoms with Crippen molar-refractivity contribution in [2.45, 2.75) is 4.90 Å². The Kier molecular flexibility index (Phi) is 3.40. The van der Waals surface area contributed by atoms with E-state index < -0.39 is 15.0 Å². The fourth-order valence-electron chi connectivity index (χ4n) is 0.774. The van der Waals surface area contributed by atoms with Crippen LogP contribution in [-0.2, 0) is 10.1 Å². The summed E-state index contributed by atoms with van der Waals surface area (Å²) in [6.07, 6.45) is 0. The van der Waals surface area contributed by atoms with E-state index in [4.69, 9.17) is 0 Å². The van der Waals surface area contributed by atoms with Gasteiger partial charge in [-0.2, -0.15) is 0 Å². The molecule has 8 heteroatoms. The monoisotopic (exact) mass is 342 g/mol. The second kappa shape index (κ2) is 4.05. The maximum atomic E-state index is 10.6. The van der Waals surface area contributed by atoms with Gasteiger partial charge in [-0.05, 0) is 49.2 Å². The van der Waals surface area contributed by atoms with Crippen LogP contribution in [0.15, 0.2) is 31.2 Å². The van der Waals surface area contributed by atoms with Crippen molar-refractivity contribution in [3.63, 3.8) is 0 Å². The molecular formula is C6H2Br2NO4S-. The molecule has 5 nitrogen and oxygen atoms in total. The normalized spacial score (nSPS) is 11.4. The summed E-state index contributed by atoms with van der Waals surface area (Å²) in [5.41, 5.74) is 0.0115. The Balaban J connectivity index is 3.50. The van der Waals surface area contributed by atoms with Gasteiger partial charge in [-0.3, -0.25) is 0 Å². The molecule has 0 saturated carbocycles. The minimum atomic E-state index is -4.53. The molecule has 1 rings (SSSR count). The third-order valence-corrected chi connectivity index (χ3v) is 3.39. The van der Waals surface area contributed by atoms with E-state index in [1.54, 1.807) is 0 Å². The van der Waals surface area contributed by atoms with Crippen molar-refractivity contribution in [1.82, 2.24) is 0 Å². The van der Waals surface area contributed by atoms with Crippen LogP contribution >= 0.6 is 31.9 Å². The summed E-state index contributed by atoms with van der Waals surface area (Å²) in [5.74, 6) is 0. The Hall–Kier alpha value is -0.310. The molecule has 0 fully saturated rings. The summed E-state index contributed by atoms with van der Waals surface area (Å²) in [4.78, 5) is 9.84. The molecule has 76 valence electrons. The fraction of sp³-hybridized carbons (Fsp3) is 0. The molecule has 0 N–H and O–H groups in total. The molecule has 14 heavy (non-hydrogen) atoms. The van der Waals surface area contributed by atoms with E-state index >= 15 is 0 Å². The molecule has 0 unspecified atom stereocenters. The molecule has 1 aromatic carbocycles. The fourth-order valence-corrected chi connectivity index (χ4v) is 2.93. The van der Waals surface area contributed by atoms with Crippen molar-refractivity contribution >= 4 is 47.7 Å². The van der Waals surface area contributed by atoms with E-state index in [0.29, 0.717) is 0 Å². The van der Waals surface area contributed by atoms with Gasteiger partial charge in [0, 0.05) is 8.95 Å². The van der Waals surface area contributed by atoms with Crippen LogP contribution < -0.4 is 0 Å². The highest BCUT2D eigenvalue weighted by atomic mass is 79.9. The number of nitroso groups, excluding NO2 is 1. The minimum Gasteiger partial charge on any atom is -0.744 e. The lowest BCUT2D eigenvalue weighted by Gasteiger charge is -2.08. The van der Waals surface area contributed by atoms with Gasteiger partial charge in [0.2, 0.25) is 0 Å². The highest BCUT2D eigenvalue weighted by Gasteiger charge is 2.11. The van der Waals surface area contributed by atoms with Gasteiger partial charge in [-0.1, -0.05) is 0 Å². The van der Waals surface area contributed by atoms with Gasteiger partial charge in [-0.15, -0.1) is 4.91 Å². The van der Waals surface area contributed by atoms with Crippen LogP contribution in [-0.4, -0.2) is 13.0 Å². The lowest BCUT2D eigenvalue weighted by atomic mass is 10.3. The first-order chi connectivity index (χ1) is 6.36. The van der Waals surface area contributed by atoms with Gasteiger partial charge in [0.15, 0.2) is 0 Å². The van der Waals surface area contributed by atoms with Gasteiger partial charge in [0.1, 0.15) is 15.8 Å². The summed E-state index contributed by atoms with van der Waals surface area (Å²) in [5, 5.41) is 2.65. The van der Waals surface area contributed by atoms with Crippen LogP contribution in [0.3, 0.4) is 0 Å². The molecule has 0 radical (unpaired) electrons. The second-order valence-electron chi connectivity index (χ2n) is 2.28. The summed E-state index contributed by atoms with van der Waals surface area (Å²) in [6, 6.07) is 2.06. The van der Waals surface area contributed by atoms with Crippen molar-refractivity contribution in [2.24, 2.45) is 5.18 Å². The van der Waals surface area contributed by atoms with Crippen molar-refractivity contribution in [3.8, 4) is 0 Å². The van der Waals surface area contributed by atoms with Crippen LogP contribution in [0.4, 0.5) is 5.69 Å². The van der Waals surface area contributed by atoms with Gasteiger partial charge >= 0.3 is 0 Å².